The van der Waals surface area contributed by atoms with Gasteiger partial charge in [0, 0.05) is 0 Å². The highest BCUT2D eigenvalue weighted by Gasteiger charge is 2.32. The topological polar surface area (TPSA) is 104 Å². The molecule has 0 amide bonds. The van der Waals surface area contributed by atoms with E-state index < -0.39 is 30.3 Å². The summed E-state index contributed by atoms with van der Waals surface area (Å²) in [6.45, 7) is 1.22. The Labute approximate surface area is 80.9 Å². The molecule has 0 rings (SSSR count). The van der Waals surface area contributed by atoms with Crippen molar-refractivity contribution < 1.29 is 24.6 Å². The summed E-state index contributed by atoms with van der Waals surface area (Å²) in [6.07, 6.45) is -0.569. The van der Waals surface area contributed by atoms with Gasteiger partial charge < -0.3 is 15.5 Å². The predicted molar refractivity (Wildman–Crippen MR) is 46.9 cm³/mol. The van der Waals surface area contributed by atoms with Crippen LogP contribution in [-0.2, 0) is 14.4 Å². The molecule has 2 atom stereocenters. The van der Waals surface area contributed by atoms with E-state index in [1.54, 1.807) is 0 Å². The maximum absolute atomic E-state index is 11.0. The zero-order valence-corrected chi connectivity index (χ0v) is 7.98. The minimum Gasteiger partial charge on any atom is -0.481 e. The number of hydrogen-bond acceptors (Lipinski definition) is 4. The summed E-state index contributed by atoms with van der Waals surface area (Å²) in [7, 11) is 1.42. The zero-order chi connectivity index (χ0) is 11.3. The molecule has 0 fully saturated rings. The fourth-order valence-corrected chi connectivity index (χ4v) is 1.22. The fraction of sp³-hybridized carbons (Fsp3) is 0.625. The number of carbonyl (C=O) groups is 3. The van der Waals surface area contributed by atoms with Gasteiger partial charge in [-0.15, -0.1) is 0 Å². The molecule has 0 aromatic rings. The normalized spacial score (nSPS) is 14.4. The predicted octanol–water partition coefficient (Wildman–Crippen LogP) is -0.661. The van der Waals surface area contributed by atoms with Gasteiger partial charge in [0.1, 0.15) is 5.78 Å². The number of carboxylic acid groups (broad SMARTS) is 2. The monoisotopic (exact) mass is 203 g/mol. The van der Waals surface area contributed by atoms with Crippen LogP contribution in [0.25, 0.3) is 0 Å². The fourth-order valence-electron chi connectivity index (χ4n) is 1.22. The van der Waals surface area contributed by atoms with Crippen LogP contribution in [0, 0.1) is 5.92 Å². The molecule has 0 aromatic heterocycles. The summed E-state index contributed by atoms with van der Waals surface area (Å²) in [5.74, 6) is -4.14. The smallest absolute Gasteiger partial charge is 0.309 e. The van der Waals surface area contributed by atoms with Gasteiger partial charge in [-0.1, -0.05) is 0 Å². The lowest BCUT2D eigenvalue weighted by Crippen LogP contribution is -2.44. The van der Waals surface area contributed by atoms with Gasteiger partial charge >= 0.3 is 11.9 Å². The Bertz CT molecular complexity index is 250. The quantitative estimate of drug-likeness (QED) is 0.529. The molecule has 0 aromatic carbocycles. The molecule has 3 N–H and O–H groups in total. The van der Waals surface area contributed by atoms with Crippen molar-refractivity contribution in [3.63, 3.8) is 0 Å². The number of Topliss-reactive ketones (excluding diaryl/α,β-unsaturated/α-hetero) is 1. The van der Waals surface area contributed by atoms with E-state index in [0.717, 1.165) is 0 Å². The second-order valence-electron chi connectivity index (χ2n) is 2.92. The molecule has 14 heavy (non-hydrogen) atoms. The second kappa shape index (κ2) is 5.33. The average molecular weight is 203 g/mol. The van der Waals surface area contributed by atoms with Gasteiger partial charge in [-0.25, -0.2) is 0 Å². The zero-order valence-electron chi connectivity index (χ0n) is 7.98. The Kier molecular flexibility index (Phi) is 4.79. The third-order valence-electron chi connectivity index (χ3n) is 1.86. The number of ketones is 1. The van der Waals surface area contributed by atoms with Crippen molar-refractivity contribution in [1.29, 1.82) is 0 Å². The third-order valence-corrected chi connectivity index (χ3v) is 1.86. The molecule has 0 saturated heterocycles. The minimum absolute atomic E-state index is 0.388. The number of carbonyl (C=O) groups excluding carboxylic acids is 1. The van der Waals surface area contributed by atoms with Crippen LogP contribution >= 0.6 is 0 Å². The van der Waals surface area contributed by atoms with Crippen LogP contribution in [0.15, 0.2) is 0 Å². The number of hydrogen-bond donors (Lipinski definition) is 3. The molecule has 0 aliphatic rings. The molecule has 0 heterocycles. The lowest BCUT2D eigenvalue weighted by atomic mass is 9.93. The van der Waals surface area contributed by atoms with Gasteiger partial charge in [0.2, 0.25) is 0 Å². The number of nitrogens with one attached hydrogen (secondary N) is 1. The molecule has 0 aliphatic carbocycles. The molecular formula is C8H13NO5. The van der Waals surface area contributed by atoms with Crippen LogP contribution in [0.5, 0.6) is 0 Å². The van der Waals surface area contributed by atoms with Crippen LogP contribution < -0.4 is 5.32 Å². The Morgan fingerprint density at radius 1 is 1.29 bits per heavy atom. The van der Waals surface area contributed by atoms with Crippen molar-refractivity contribution in [2.75, 3.05) is 7.05 Å². The van der Waals surface area contributed by atoms with Crippen LogP contribution in [0.3, 0.4) is 0 Å². The molecule has 0 radical (unpaired) electrons. The van der Waals surface area contributed by atoms with Crippen molar-refractivity contribution in [2.24, 2.45) is 5.92 Å². The third kappa shape index (κ3) is 3.53. The van der Waals surface area contributed by atoms with Crippen molar-refractivity contribution in [1.82, 2.24) is 5.32 Å². The maximum Gasteiger partial charge on any atom is 0.309 e. The maximum atomic E-state index is 11.0. The molecule has 0 saturated carbocycles. The molecule has 6 heteroatoms. The van der Waals surface area contributed by atoms with Crippen LogP contribution in [-0.4, -0.2) is 41.0 Å². The van der Waals surface area contributed by atoms with Crippen LogP contribution in [0.1, 0.15) is 13.3 Å². The average Bonchev–Trinajstić information content (AvgIpc) is 2.02. The van der Waals surface area contributed by atoms with Gasteiger partial charge in [-0.2, -0.15) is 0 Å². The van der Waals surface area contributed by atoms with E-state index in [2.05, 4.69) is 5.32 Å². The van der Waals surface area contributed by atoms with E-state index in [1.807, 2.05) is 0 Å². The molecule has 6 nitrogen and oxygen atoms in total. The van der Waals surface area contributed by atoms with E-state index in [4.69, 9.17) is 10.2 Å². The first-order valence-electron chi connectivity index (χ1n) is 4.02. The first kappa shape index (κ1) is 12.6. The molecule has 0 spiro atoms. The Morgan fingerprint density at radius 2 is 1.79 bits per heavy atom. The second-order valence-corrected chi connectivity index (χ2v) is 2.92. The van der Waals surface area contributed by atoms with E-state index in [0.29, 0.717) is 0 Å². The summed E-state index contributed by atoms with van der Waals surface area (Å²) in [4.78, 5) is 32.0. The van der Waals surface area contributed by atoms with Crippen molar-refractivity contribution in [2.45, 2.75) is 19.4 Å². The first-order chi connectivity index (χ1) is 6.40. The highest BCUT2D eigenvalue weighted by molar-refractivity contribution is 5.89. The van der Waals surface area contributed by atoms with Gasteiger partial charge in [-0.3, -0.25) is 14.4 Å². The summed E-state index contributed by atoms with van der Waals surface area (Å²) >= 11 is 0. The molecule has 2 unspecified atom stereocenters. The van der Waals surface area contributed by atoms with Crippen molar-refractivity contribution in [3.05, 3.63) is 0 Å². The minimum atomic E-state index is -1.29. The van der Waals surface area contributed by atoms with Gasteiger partial charge in [0.25, 0.3) is 0 Å². The first-order valence-corrected chi connectivity index (χ1v) is 4.02. The van der Waals surface area contributed by atoms with Crippen molar-refractivity contribution >= 4 is 17.7 Å². The van der Waals surface area contributed by atoms with Gasteiger partial charge in [-0.05, 0) is 14.0 Å². The SMILES string of the molecule is CNC(C(C)=O)C(CC(=O)O)C(=O)O. The Balaban J connectivity index is 4.69. The number of aliphatic carboxylic acids is 2. The van der Waals surface area contributed by atoms with E-state index in [1.165, 1.54) is 14.0 Å². The summed E-state index contributed by atoms with van der Waals surface area (Å²) in [5, 5.41) is 19.7. The van der Waals surface area contributed by atoms with Gasteiger partial charge in [0.15, 0.2) is 0 Å². The molecule has 80 valence electrons. The number of likely N-dealkylation sites (N-methyl/N-ethyl adjacent to an activating group) is 1. The summed E-state index contributed by atoms with van der Waals surface area (Å²) in [6, 6.07) is -0.955. The molecular weight excluding hydrogens is 190 g/mol. The van der Waals surface area contributed by atoms with Crippen molar-refractivity contribution in [3.8, 4) is 0 Å². The van der Waals surface area contributed by atoms with Crippen LogP contribution in [0.4, 0.5) is 0 Å². The Hall–Kier alpha value is -1.43. The number of rotatable bonds is 6. The highest BCUT2D eigenvalue weighted by atomic mass is 16.4. The van der Waals surface area contributed by atoms with E-state index in [9.17, 15) is 14.4 Å². The summed E-state index contributed by atoms with van der Waals surface area (Å²) in [5.41, 5.74) is 0. The number of carboxylic acids is 2. The van der Waals surface area contributed by atoms with E-state index >= 15 is 0 Å². The highest BCUT2D eigenvalue weighted by Crippen LogP contribution is 2.10. The lowest BCUT2D eigenvalue weighted by molar-refractivity contribution is -0.150. The molecule has 0 aliphatic heterocycles. The molecule has 0 bridgehead atoms. The van der Waals surface area contributed by atoms with E-state index in [-0.39, 0.29) is 5.78 Å². The summed E-state index contributed by atoms with van der Waals surface area (Å²) < 4.78 is 0. The van der Waals surface area contributed by atoms with Gasteiger partial charge in [0.05, 0.1) is 18.4 Å². The van der Waals surface area contributed by atoms with Crippen LogP contribution in [0.2, 0.25) is 0 Å². The standard InChI is InChI=1S/C8H13NO5/c1-4(10)7(9-2)5(8(13)14)3-6(11)12/h5,7,9H,3H2,1-2H3,(H,11,12)(H,13,14). The largest absolute Gasteiger partial charge is 0.481 e. The lowest BCUT2D eigenvalue weighted by Gasteiger charge is -2.19. The Morgan fingerprint density at radius 3 is 2.00 bits per heavy atom.